The Kier molecular flexibility index (Phi) is 4.36. The molecule has 1 saturated heterocycles. The fourth-order valence-corrected chi connectivity index (χ4v) is 3.91. The summed E-state index contributed by atoms with van der Waals surface area (Å²) in [7, 11) is 0. The Labute approximate surface area is 126 Å². The molecule has 3 heteroatoms. The Morgan fingerprint density at radius 3 is 2.86 bits per heavy atom. The molecule has 2 unspecified atom stereocenters. The van der Waals surface area contributed by atoms with Gasteiger partial charge >= 0.3 is 0 Å². The van der Waals surface area contributed by atoms with E-state index in [0.29, 0.717) is 11.8 Å². The number of benzene rings is 1. The van der Waals surface area contributed by atoms with Crippen LogP contribution in [0.4, 0.5) is 0 Å². The van der Waals surface area contributed by atoms with E-state index in [-0.39, 0.29) is 5.92 Å². The molecule has 3 rings (SSSR count). The first-order chi connectivity index (χ1) is 10.3. The van der Waals surface area contributed by atoms with Crippen molar-refractivity contribution in [2.24, 2.45) is 5.92 Å². The van der Waals surface area contributed by atoms with Crippen LogP contribution in [0.25, 0.3) is 0 Å². The van der Waals surface area contributed by atoms with Gasteiger partial charge in [-0.2, -0.15) is 5.26 Å². The van der Waals surface area contributed by atoms with Crippen LogP contribution >= 0.6 is 0 Å². The first kappa shape index (κ1) is 14.3. The van der Waals surface area contributed by atoms with Crippen LogP contribution in [-0.4, -0.2) is 23.3 Å². The second-order valence-electron chi connectivity index (χ2n) is 6.27. The highest BCUT2D eigenvalue weighted by atomic mass is 16.1. The predicted molar refractivity (Wildman–Crippen MR) is 81.6 cm³/mol. The van der Waals surface area contributed by atoms with E-state index in [4.69, 9.17) is 0 Å². The van der Waals surface area contributed by atoms with Crippen molar-refractivity contribution in [3.63, 3.8) is 0 Å². The minimum atomic E-state index is 0.232. The normalized spacial score (nSPS) is 26.7. The van der Waals surface area contributed by atoms with Crippen LogP contribution in [0.5, 0.6) is 0 Å². The number of Topliss-reactive ketones (excluding diaryl/α,β-unsaturated/α-hetero) is 1. The number of carbonyl (C=O) groups is 1. The Morgan fingerprint density at radius 2 is 2.05 bits per heavy atom. The third-order valence-corrected chi connectivity index (χ3v) is 4.99. The van der Waals surface area contributed by atoms with Gasteiger partial charge in [0.2, 0.25) is 0 Å². The van der Waals surface area contributed by atoms with Gasteiger partial charge in [-0.1, -0.05) is 24.6 Å². The Balaban J connectivity index is 1.75. The number of hydrogen-bond acceptors (Lipinski definition) is 3. The molecule has 3 nitrogen and oxygen atoms in total. The topological polar surface area (TPSA) is 44.1 Å². The van der Waals surface area contributed by atoms with Gasteiger partial charge in [0.15, 0.2) is 0 Å². The molecule has 0 aromatic heterocycles. The molecule has 2 atom stereocenters. The zero-order chi connectivity index (χ0) is 14.7. The van der Waals surface area contributed by atoms with Gasteiger partial charge in [0.05, 0.1) is 11.6 Å². The zero-order valence-corrected chi connectivity index (χ0v) is 12.4. The lowest BCUT2D eigenvalue weighted by Crippen LogP contribution is -2.40. The van der Waals surface area contributed by atoms with Crippen LogP contribution in [0.2, 0.25) is 0 Å². The molecule has 1 aromatic carbocycles. The van der Waals surface area contributed by atoms with Crippen molar-refractivity contribution < 1.29 is 4.79 Å². The van der Waals surface area contributed by atoms with Crippen LogP contribution < -0.4 is 0 Å². The molecule has 0 amide bonds. The second kappa shape index (κ2) is 6.41. The maximum absolute atomic E-state index is 12.2. The molecule has 1 aliphatic carbocycles. The Bertz CT molecular complexity index is 561. The van der Waals surface area contributed by atoms with E-state index in [0.717, 1.165) is 49.9 Å². The molecule has 0 radical (unpaired) electrons. The van der Waals surface area contributed by atoms with Gasteiger partial charge in [0.1, 0.15) is 5.78 Å². The summed E-state index contributed by atoms with van der Waals surface area (Å²) < 4.78 is 0. The summed E-state index contributed by atoms with van der Waals surface area (Å²) in [6, 6.07) is 10.5. The van der Waals surface area contributed by atoms with E-state index < -0.39 is 0 Å². The van der Waals surface area contributed by atoms with Crippen LogP contribution in [-0.2, 0) is 11.3 Å². The van der Waals surface area contributed by atoms with E-state index in [9.17, 15) is 10.1 Å². The highest BCUT2D eigenvalue weighted by molar-refractivity contribution is 5.82. The van der Waals surface area contributed by atoms with Gasteiger partial charge in [-0.25, -0.2) is 0 Å². The molecule has 0 N–H and O–H groups in total. The lowest BCUT2D eigenvalue weighted by molar-refractivity contribution is -0.126. The maximum atomic E-state index is 12.2. The fraction of sp³-hybridized carbons (Fsp3) is 0.556. The minimum absolute atomic E-state index is 0.232. The summed E-state index contributed by atoms with van der Waals surface area (Å²) in [5, 5.41) is 9.23. The zero-order valence-electron chi connectivity index (χ0n) is 12.4. The van der Waals surface area contributed by atoms with Gasteiger partial charge in [-0.15, -0.1) is 0 Å². The Hall–Kier alpha value is -1.66. The summed E-state index contributed by atoms with van der Waals surface area (Å²) in [5.41, 5.74) is 1.85. The van der Waals surface area contributed by atoms with E-state index in [2.05, 4.69) is 11.0 Å². The number of rotatable bonds is 3. The highest BCUT2D eigenvalue weighted by Crippen LogP contribution is 2.33. The van der Waals surface area contributed by atoms with Crippen LogP contribution in [0.1, 0.15) is 49.7 Å². The summed E-state index contributed by atoms with van der Waals surface area (Å²) in [6.45, 7) is 1.85. The number of nitriles is 1. The lowest BCUT2D eigenvalue weighted by Gasteiger charge is -2.33. The van der Waals surface area contributed by atoms with Crippen molar-refractivity contribution >= 4 is 5.78 Å². The van der Waals surface area contributed by atoms with Gasteiger partial charge in [0, 0.05) is 24.9 Å². The van der Waals surface area contributed by atoms with E-state index in [1.54, 1.807) is 0 Å². The van der Waals surface area contributed by atoms with Crippen molar-refractivity contribution in [1.82, 2.24) is 4.90 Å². The molecule has 1 aromatic rings. The number of likely N-dealkylation sites (tertiary alicyclic amines) is 1. The highest BCUT2D eigenvalue weighted by Gasteiger charge is 2.36. The average Bonchev–Trinajstić information content (AvgIpc) is 2.96. The molecule has 1 saturated carbocycles. The van der Waals surface area contributed by atoms with Crippen molar-refractivity contribution in [2.75, 3.05) is 6.54 Å². The second-order valence-corrected chi connectivity index (χ2v) is 6.27. The number of nitrogens with zero attached hydrogens (tertiary/aromatic N) is 2. The SMILES string of the molecule is N#Cc1ccccc1CN1CCCC1C1CCCCC1=O. The minimum Gasteiger partial charge on any atom is -0.299 e. The van der Waals surface area contributed by atoms with E-state index in [1.165, 1.54) is 12.8 Å². The quantitative estimate of drug-likeness (QED) is 0.854. The largest absolute Gasteiger partial charge is 0.299 e. The van der Waals surface area contributed by atoms with Crippen LogP contribution in [0.15, 0.2) is 24.3 Å². The van der Waals surface area contributed by atoms with Crippen molar-refractivity contribution in [3.8, 4) is 6.07 Å². The van der Waals surface area contributed by atoms with Gasteiger partial charge < -0.3 is 0 Å². The molecular formula is C18H22N2O. The summed E-state index contributed by atoms with van der Waals surface area (Å²) in [6.07, 6.45) is 6.38. The third kappa shape index (κ3) is 3.01. The van der Waals surface area contributed by atoms with Crippen LogP contribution in [0, 0.1) is 17.2 Å². The number of hydrogen-bond donors (Lipinski definition) is 0. The lowest BCUT2D eigenvalue weighted by atomic mass is 9.81. The van der Waals surface area contributed by atoms with Gasteiger partial charge in [-0.05, 0) is 43.9 Å². The maximum Gasteiger partial charge on any atom is 0.137 e. The molecule has 2 aliphatic rings. The fourth-order valence-electron chi connectivity index (χ4n) is 3.91. The predicted octanol–water partition coefficient (Wildman–Crippen LogP) is 3.28. The average molecular weight is 282 g/mol. The molecule has 1 aliphatic heterocycles. The smallest absolute Gasteiger partial charge is 0.137 e. The van der Waals surface area contributed by atoms with Crippen molar-refractivity contribution in [2.45, 2.75) is 51.1 Å². The number of ketones is 1. The Morgan fingerprint density at radius 1 is 1.19 bits per heavy atom. The first-order valence-corrected chi connectivity index (χ1v) is 8.04. The summed E-state index contributed by atoms with van der Waals surface area (Å²) in [5.74, 6) is 0.696. The van der Waals surface area contributed by atoms with E-state index in [1.807, 2.05) is 24.3 Å². The van der Waals surface area contributed by atoms with Crippen molar-refractivity contribution in [1.29, 1.82) is 5.26 Å². The molecule has 110 valence electrons. The first-order valence-electron chi connectivity index (χ1n) is 8.04. The van der Waals surface area contributed by atoms with Crippen LogP contribution in [0.3, 0.4) is 0 Å². The molecule has 0 spiro atoms. The third-order valence-electron chi connectivity index (χ3n) is 4.99. The molecule has 1 heterocycles. The number of carbonyl (C=O) groups excluding carboxylic acids is 1. The van der Waals surface area contributed by atoms with Gasteiger partial charge in [-0.3, -0.25) is 9.69 Å². The molecule has 0 bridgehead atoms. The van der Waals surface area contributed by atoms with Gasteiger partial charge in [0.25, 0.3) is 0 Å². The monoisotopic (exact) mass is 282 g/mol. The summed E-state index contributed by atoms with van der Waals surface area (Å²) in [4.78, 5) is 14.7. The molecule has 21 heavy (non-hydrogen) atoms. The standard InChI is InChI=1S/C18H22N2O/c19-12-14-6-1-2-7-15(14)13-20-11-5-9-17(20)16-8-3-4-10-18(16)21/h1-2,6-7,16-17H,3-5,8-11,13H2. The van der Waals surface area contributed by atoms with E-state index >= 15 is 0 Å². The molecular weight excluding hydrogens is 260 g/mol. The summed E-state index contributed by atoms with van der Waals surface area (Å²) >= 11 is 0. The van der Waals surface area contributed by atoms with Crippen molar-refractivity contribution in [3.05, 3.63) is 35.4 Å². The molecule has 2 fully saturated rings.